The van der Waals surface area contributed by atoms with Crippen LogP contribution in [0.15, 0.2) is 53.7 Å². The predicted molar refractivity (Wildman–Crippen MR) is 119 cm³/mol. The molecule has 0 atom stereocenters. The van der Waals surface area contributed by atoms with E-state index in [0.29, 0.717) is 6.54 Å². The molecule has 0 aliphatic rings. The Morgan fingerprint density at radius 1 is 1.00 bits per heavy atom. The molecule has 0 amide bonds. The van der Waals surface area contributed by atoms with E-state index in [4.69, 9.17) is 14.5 Å². The van der Waals surface area contributed by atoms with E-state index in [9.17, 15) is 0 Å². The van der Waals surface area contributed by atoms with E-state index < -0.39 is 0 Å². The van der Waals surface area contributed by atoms with Crippen molar-refractivity contribution in [1.82, 2.24) is 15.6 Å². The highest BCUT2D eigenvalue weighted by Gasteiger charge is 2.06. The minimum Gasteiger partial charge on any atom is -0.497 e. The largest absolute Gasteiger partial charge is 0.497 e. The summed E-state index contributed by atoms with van der Waals surface area (Å²) in [5, 5.41) is 8.02. The van der Waals surface area contributed by atoms with Gasteiger partial charge in [-0.05, 0) is 55.2 Å². The SMILES string of the molecule is CCNC(=NCCc1cc(OC)ccc1OC)NCCc1c[nH]c2ccccc12. The lowest BCUT2D eigenvalue weighted by molar-refractivity contribution is 0.399. The van der Waals surface area contributed by atoms with Gasteiger partial charge in [-0.25, -0.2) is 0 Å². The molecule has 6 heteroatoms. The number of para-hydroxylation sites is 1. The lowest BCUT2D eigenvalue weighted by Crippen LogP contribution is -2.38. The van der Waals surface area contributed by atoms with E-state index in [-0.39, 0.29) is 0 Å². The zero-order valence-electron chi connectivity index (χ0n) is 17.4. The van der Waals surface area contributed by atoms with Crippen LogP contribution in [0.3, 0.4) is 0 Å². The molecule has 29 heavy (non-hydrogen) atoms. The second-order valence-electron chi connectivity index (χ2n) is 6.72. The molecule has 3 rings (SSSR count). The zero-order chi connectivity index (χ0) is 20.5. The van der Waals surface area contributed by atoms with Crippen molar-refractivity contribution < 1.29 is 9.47 Å². The van der Waals surface area contributed by atoms with Gasteiger partial charge in [-0.15, -0.1) is 0 Å². The maximum atomic E-state index is 5.45. The first-order chi connectivity index (χ1) is 14.2. The number of aromatic nitrogens is 1. The summed E-state index contributed by atoms with van der Waals surface area (Å²) in [6, 6.07) is 14.2. The molecule has 0 unspecified atom stereocenters. The average Bonchev–Trinajstić information content (AvgIpc) is 3.17. The van der Waals surface area contributed by atoms with Crippen LogP contribution in [0, 0.1) is 0 Å². The normalized spacial score (nSPS) is 11.5. The van der Waals surface area contributed by atoms with E-state index in [0.717, 1.165) is 49.0 Å². The van der Waals surface area contributed by atoms with Gasteiger partial charge in [-0.2, -0.15) is 0 Å². The Morgan fingerprint density at radius 3 is 2.66 bits per heavy atom. The average molecular weight is 395 g/mol. The Labute approximate surface area is 172 Å². The summed E-state index contributed by atoms with van der Waals surface area (Å²) in [4.78, 5) is 8.04. The fourth-order valence-corrected chi connectivity index (χ4v) is 3.36. The number of methoxy groups -OCH3 is 2. The molecule has 0 aliphatic carbocycles. The number of benzene rings is 2. The maximum Gasteiger partial charge on any atom is 0.191 e. The van der Waals surface area contributed by atoms with Crippen molar-refractivity contribution in [1.29, 1.82) is 0 Å². The first-order valence-corrected chi connectivity index (χ1v) is 10.0. The monoisotopic (exact) mass is 394 g/mol. The number of hydrogen-bond acceptors (Lipinski definition) is 3. The molecule has 3 aromatic rings. The number of aromatic amines is 1. The van der Waals surface area contributed by atoms with Gasteiger partial charge in [0.2, 0.25) is 0 Å². The van der Waals surface area contributed by atoms with Gasteiger partial charge in [-0.3, -0.25) is 4.99 Å². The Bertz CT molecular complexity index is 949. The topological polar surface area (TPSA) is 70.7 Å². The van der Waals surface area contributed by atoms with Crippen LogP contribution in [0.25, 0.3) is 10.9 Å². The van der Waals surface area contributed by atoms with Gasteiger partial charge in [0.15, 0.2) is 5.96 Å². The molecule has 154 valence electrons. The molecule has 0 aliphatic heterocycles. The van der Waals surface area contributed by atoms with Crippen molar-refractivity contribution in [2.24, 2.45) is 4.99 Å². The fraction of sp³-hybridized carbons (Fsp3) is 0.348. The third-order valence-electron chi connectivity index (χ3n) is 4.84. The number of H-pyrrole nitrogens is 1. The summed E-state index contributed by atoms with van der Waals surface area (Å²) in [6.45, 7) is 4.37. The van der Waals surface area contributed by atoms with Gasteiger partial charge in [0, 0.05) is 36.7 Å². The molecular formula is C23H30N4O2. The minimum absolute atomic E-state index is 0.659. The first-order valence-electron chi connectivity index (χ1n) is 10.0. The molecular weight excluding hydrogens is 364 g/mol. The van der Waals surface area contributed by atoms with Gasteiger partial charge in [0.1, 0.15) is 11.5 Å². The fourth-order valence-electron chi connectivity index (χ4n) is 3.36. The van der Waals surface area contributed by atoms with Crippen LogP contribution in [0.4, 0.5) is 0 Å². The van der Waals surface area contributed by atoms with E-state index in [1.807, 2.05) is 24.3 Å². The Morgan fingerprint density at radius 2 is 1.86 bits per heavy atom. The van der Waals surface area contributed by atoms with Gasteiger partial charge in [0.25, 0.3) is 0 Å². The second-order valence-corrected chi connectivity index (χ2v) is 6.72. The van der Waals surface area contributed by atoms with Crippen LogP contribution >= 0.6 is 0 Å². The van der Waals surface area contributed by atoms with E-state index in [1.54, 1.807) is 14.2 Å². The van der Waals surface area contributed by atoms with Crippen molar-refractivity contribution in [3.63, 3.8) is 0 Å². The first kappa shape index (κ1) is 20.6. The molecule has 0 radical (unpaired) electrons. The highest BCUT2D eigenvalue weighted by molar-refractivity contribution is 5.83. The number of nitrogens with zero attached hydrogens (tertiary/aromatic N) is 1. The number of fused-ring (bicyclic) bond motifs is 1. The molecule has 0 fully saturated rings. The molecule has 2 aromatic carbocycles. The van der Waals surface area contributed by atoms with Crippen LogP contribution in [-0.4, -0.2) is 44.8 Å². The summed E-state index contributed by atoms with van der Waals surface area (Å²) >= 11 is 0. The third-order valence-corrected chi connectivity index (χ3v) is 4.84. The van der Waals surface area contributed by atoms with Gasteiger partial charge < -0.3 is 25.1 Å². The third kappa shape index (κ3) is 5.44. The summed E-state index contributed by atoms with van der Waals surface area (Å²) in [7, 11) is 3.36. The van der Waals surface area contributed by atoms with Crippen molar-refractivity contribution in [3.05, 3.63) is 59.8 Å². The number of aliphatic imine (C=N–C) groups is 1. The number of hydrogen-bond donors (Lipinski definition) is 3. The van der Waals surface area contributed by atoms with Crippen molar-refractivity contribution in [3.8, 4) is 11.5 Å². The standard InChI is InChI=1S/C23H30N4O2/c1-4-24-23(25-13-11-17-15-19(28-2)9-10-22(17)29-3)26-14-12-18-16-27-21-8-6-5-7-20(18)21/h5-10,15-16,27H,4,11-14H2,1-3H3,(H2,24,25,26). The molecule has 0 saturated heterocycles. The summed E-state index contributed by atoms with van der Waals surface area (Å²) in [5.41, 5.74) is 3.57. The summed E-state index contributed by atoms with van der Waals surface area (Å²) < 4.78 is 10.8. The molecule has 3 N–H and O–H groups in total. The minimum atomic E-state index is 0.659. The zero-order valence-corrected chi connectivity index (χ0v) is 17.4. The van der Waals surface area contributed by atoms with Gasteiger partial charge in [-0.1, -0.05) is 18.2 Å². The molecule has 0 saturated carbocycles. The Balaban J connectivity index is 1.57. The summed E-state index contributed by atoms with van der Waals surface area (Å²) in [6.07, 6.45) is 3.79. The Kier molecular flexibility index (Phi) is 7.39. The van der Waals surface area contributed by atoms with Crippen molar-refractivity contribution in [2.45, 2.75) is 19.8 Å². The second kappa shape index (κ2) is 10.4. The predicted octanol–water partition coefficient (Wildman–Crippen LogP) is 3.53. The lowest BCUT2D eigenvalue weighted by atomic mass is 10.1. The number of rotatable bonds is 9. The molecule has 0 bridgehead atoms. The van der Waals surface area contributed by atoms with Crippen LogP contribution in [0.1, 0.15) is 18.1 Å². The van der Waals surface area contributed by atoms with Crippen LogP contribution in [-0.2, 0) is 12.8 Å². The van der Waals surface area contributed by atoms with Gasteiger partial charge in [0.05, 0.1) is 14.2 Å². The van der Waals surface area contributed by atoms with E-state index in [1.165, 1.54) is 16.5 Å². The lowest BCUT2D eigenvalue weighted by Gasteiger charge is -2.12. The van der Waals surface area contributed by atoms with E-state index in [2.05, 4.69) is 46.9 Å². The van der Waals surface area contributed by atoms with Gasteiger partial charge >= 0.3 is 0 Å². The highest BCUT2D eigenvalue weighted by atomic mass is 16.5. The van der Waals surface area contributed by atoms with E-state index >= 15 is 0 Å². The number of ether oxygens (including phenoxy) is 2. The van der Waals surface area contributed by atoms with Crippen molar-refractivity contribution in [2.75, 3.05) is 33.9 Å². The molecule has 1 aromatic heterocycles. The van der Waals surface area contributed by atoms with Crippen LogP contribution < -0.4 is 20.1 Å². The van der Waals surface area contributed by atoms with Crippen LogP contribution in [0.2, 0.25) is 0 Å². The highest BCUT2D eigenvalue weighted by Crippen LogP contribution is 2.24. The smallest absolute Gasteiger partial charge is 0.191 e. The quantitative estimate of drug-likeness (QED) is 0.384. The number of nitrogens with one attached hydrogen (secondary N) is 3. The number of guanidine groups is 1. The Hall–Kier alpha value is -3.15. The molecule has 1 heterocycles. The molecule has 6 nitrogen and oxygen atoms in total. The maximum absolute atomic E-state index is 5.45. The summed E-state index contributed by atoms with van der Waals surface area (Å²) in [5.74, 6) is 2.51. The van der Waals surface area contributed by atoms with Crippen molar-refractivity contribution >= 4 is 16.9 Å². The van der Waals surface area contributed by atoms with Crippen LogP contribution in [0.5, 0.6) is 11.5 Å². The molecule has 0 spiro atoms.